The Morgan fingerprint density at radius 2 is 2.30 bits per heavy atom. The standard InChI is InChI=1S/C14H15N3O2S/c1-19-11-6-5-8(7-9(11)15)13(18)17-14-16-10-3-2-4-12(10)20-14/h5-7H,2-4,15H2,1H3,(H,16,17,18). The van der Waals surface area contributed by atoms with Gasteiger partial charge in [0.25, 0.3) is 5.91 Å². The second-order valence-electron chi connectivity index (χ2n) is 4.65. The van der Waals surface area contributed by atoms with Crippen molar-refractivity contribution in [3.63, 3.8) is 0 Å². The van der Waals surface area contributed by atoms with E-state index in [1.165, 1.54) is 4.88 Å². The molecule has 5 nitrogen and oxygen atoms in total. The molecule has 0 radical (unpaired) electrons. The maximum Gasteiger partial charge on any atom is 0.257 e. The predicted octanol–water partition coefficient (Wildman–Crippen LogP) is 2.47. The first kappa shape index (κ1) is 12.9. The number of benzene rings is 1. The van der Waals surface area contributed by atoms with Crippen molar-refractivity contribution in [2.24, 2.45) is 0 Å². The summed E-state index contributed by atoms with van der Waals surface area (Å²) < 4.78 is 5.07. The molecule has 0 unspecified atom stereocenters. The Balaban J connectivity index is 1.77. The molecule has 2 aromatic rings. The largest absolute Gasteiger partial charge is 0.495 e. The molecule has 0 atom stereocenters. The van der Waals surface area contributed by atoms with Crippen LogP contribution in [0.4, 0.5) is 10.8 Å². The van der Waals surface area contributed by atoms with Gasteiger partial charge >= 0.3 is 0 Å². The summed E-state index contributed by atoms with van der Waals surface area (Å²) in [5.41, 5.74) is 7.87. The summed E-state index contributed by atoms with van der Waals surface area (Å²) in [7, 11) is 1.54. The third-order valence-corrected chi connectivity index (χ3v) is 4.38. The summed E-state index contributed by atoms with van der Waals surface area (Å²) in [6, 6.07) is 4.98. The molecule has 1 aliphatic rings. The van der Waals surface area contributed by atoms with E-state index in [0.717, 1.165) is 25.0 Å². The SMILES string of the molecule is COc1ccc(C(=O)Nc2nc3c(s2)CCC3)cc1N. The molecule has 1 aliphatic carbocycles. The summed E-state index contributed by atoms with van der Waals surface area (Å²) in [5.74, 6) is 0.363. The third kappa shape index (κ3) is 2.34. The number of carbonyl (C=O) groups is 1. The minimum Gasteiger partial charge on any atom is -0.495 e. The molecule has 0 saturated carbocycles. The van der Waals surface area contributed by atoms with Gasteiger partial charge in [0.1, 0.15) is 5.75 Å². The molecule has 1 aromatic carbocycles. The highest BCUT2D eigenvalue weighted by Crippen LogP contribution is 2.31. The van der Waals surface area contributed by atoms with E-state index >= 15 is 0 Å². The molecule has 3 N–H and O–H groups in total. The van der Waals surface area contributed by atoms with Crippen LogP contribution in [0.3, 0.4) is 0 Å². The van der Waals surface area contributed by atoms with Gasteiger partial charge in [-0.05, 0) is 37.5 Å². The quantitative estimate of drug-likeness (QED) is 0.851. The molecular weight excluding hydrogens is 274 g/mol. The van der Waals surface area contributed by atoms with Crippen LogP contribution < -0.4 is 15.8 Å². The van der Waals surface area contributed by atoms with E-state index < -0.39 is 0 Å². The highest BCUT2D eigenvalue weighted by atomic mass is 32.1. The molecule has 0 bridgehead atoms. The van der Waals surface area contributed by atoms with Crippen LogP contribution in [0.5, 0.6) is 5.75 Å². The zero-order valence-corrected chi connectivity index (χ0v) is 11.9. The van der Waals surface area contributed by atoms with Crippen LogP contribution in [0.15, 0.2) is 18.2 Å². The van der Waals surface area contributed by atoms with Crippen LogP contribution in [-0.4, -0.2) is 18.0 Å². The Bertz CT molecular complexity index is 645. The first-order chi connectivity index (χ1) is 9.67. The van der Waals surface area contributed by atoms with Gasteiger partial charge in [-0.2, -0.15) is 0 Å². The summed E-state index contributed by atoms with van der Waals surface area (Å²) in [6.45, 7) is 0. The molecule has 0 spiro atoms. The Hall–Kier alpha value is -2.08. The van der Waals surface area contributed by atoms with E-state index in [2.05, 4.69) is 10.3 Å². The fourth-order valence-electron chi connectivity index (χ4n) is 2.29. The van der Waals surface area contributed by atoms with Crippen LogP contribution in [0.1, 0.15) is 27.3 Å². The van der Waals surface area contributed by atoms with Gasteiger partial charge in [-0.15, -0.1) is 11.3 Å². The molecule has 1 amide bonds. The average Bonchev–Trinajstić information content (AvgIpc) is 2.99. The molecule has 20 heavy (non-hydrogen) atoms. The molecule has 1 heterocycles. The van der Waals surface area contributed by atoms with Crippen LogP contribution in [0, 0.1) is 0 Å². The number of hydrogen-bond acceptors (Lipinski definition) is 5. The number of aromatic nitrogens is 1. The van der Waals surface area contributed by atoms with Gasteiger partial charge in [0, 0.05) is 10.4 Å². The van der Waals surface area contributed by atoms with E-state index in [4.69, 9.17) is 10.5 Å². The number of amides is 1. The Morgan fingerprint density at radius 1 is 1.45 bits per heavy atom. The first-order valence-electron chi connectivity index (χ1n) is 6.41. The maximum atomic E-state index is 12.2. The second-order valence-corrected chi connectivity index (χ2v) is 5.74. The first-order valence-corrected chi connectivity index (χ1v) is 7.22. The number of nitrogens with two attached hydrogens (primary N) is 1. The molecule has 3 rings (SSSR count). The molecule has 6 heteroatoms. The van der Waals surface area contributed by atoms with Crippen molar-refractivity contribution in [3.05, 3.63) is 34.3 Å². The minimum atomic E-state index is -0.202. The van der Waals surface area contributed by atoms with E-state index in [1.807, 2.05) is 0 Å². The number of fused-ring (bicyclic) bond motifs is 1. The molecular formula is C14H15N3O2S. The smallest absolute Gasteiger partial charge is 0.257 e. The van der Waals surface area contributed by atoms with Crippen LogP contribution in [-0.2, 0) is 12.8 Å². The lowest BCUT2D eigenvalue weighted by atomic mass is 10.2. The van der Waals surface area contributed by atoms with Gasteiger partial charge in [-0.1, -0.05) is 0 Å². The van der Waals surface area contributed by atoms with Gasteiger partial charge in [0.05, 0.1) is 18.5 Å². The number of anilines is 2. The summed E-state index contributed by atoms with van der Waals surface area (Å²) in [5, 5.41) is 3.49. The maximum absolute atomic E-state index is 12.2. The fraction of sp³-hybridized carbons (Fsp3) is 0.286. The van der Waals surface area contributed by atoms with Gasteiger partial charge in [0.2, 0.25) is 0 Å². The Morgan fingerprint density at radius 3 is 3.00 bits per heavy atom. The van der Waals surface area contributed by atoms with Crippen molar-refractivity contribution in [1.82, 2.24) is 4.98 Å². The van der Waals surface area contributed by atoms with Crippen molar-refractivity contribution >= 4 is 28.1 Å². The van der Waals surface area contributed by atoms with Gasteiger partial charge < -0.3 is 10.5 Å². The number of ether oxygens (including phenoxy) is 1. The van der Waals surface area contributed by atoms with Crippen molar-refractivity contribution in [3.8, 4) is 5.75 Å². The summed E-state index contributed by atoms with van der Waals surface area (Å²) >= 11 is 1.56. The van der Waals surface area contributed by atoms with Crippen molar-refractivity contribution < 1.29 is 9.53 Å². The monoisotopic (exact) mass is 289 g/mol. The fourth-order valence-corrected chi connectivity index (χ4v) is 3.33. The summed E-state index contributed by atoms with van der Waals surface area (Å²) in [4.78, 5) is 17.9. The van der Waals surface area contributed by atoms with Crippen LogP contribution in [0.25, 0.3) is 0 Å². The van der Waals surface area contributed by atoms with Gasteiger partial charge in [-0.25, -0.2) is 4.98 Å². The van der Waals surface area contributed by atoms with E-state index in [-0.39, 0.29) is 5.91 Å². The molecule has 1 aromatic heterocycles. The van der Waals surface area contributed by atoms with Gasteiger partial charge in [-0.3, -0.25) is 10.1 Å². The zero-order chi connectivity index (χ0) is 14.1. The van der Waals surface area contributed by atoms with E-state index in [0.29, 0.717) is 22.1 Å². The third-order valence-electron chi connectivity index (χ3n) is 3.31. The lowest BCUT2D eigenvalue weighted by Crippen LogP contribution is -2.12. The number of aryl methyl sites for hydroxylation is 2. The van der Waals surface area contributed by atoms with Crippen molar-refractivity contribution in [2.75, 3.05) is 18.2 Å². The number of hydrogen-bond donors (Lipinski definition) is 2. The highest BCUT2D eigenvalue weighted by molar-refractivity contribution is 7.15. The molecule has 0 fully saturated rings. The zero-order valence-electron chi connectivity index (χ0n) is 11.1. The summed E-state index contributed by atoms with van der Waals surface area (Å²) in [6.07, 6.45) is 3.24. The minimum absolute atomic E-state index is 0.202. The van der Waals surface area contributed by atoms with Crippen LogP contribution >= 0.6 is 11.3 Å². The number of nitrogens with one attached hydrogen (secondary N) is 1. The normalized spacial score (nSPS) is 13.1. The number of thiazole rings is 1. The van der Waals surface area contributed by atoms with E-state index in [1.54, 1.807) is 36.6 Å². The van der Waals surface area contributed by atoms with Crippen molar-refractivity contribution in [1.29, 1.82) is 0 Å². The second kappa shape index (κ2) is 5.13. The van der Waals surface area contributed by atoms with Crippen molar-refractivity contribution in [2.45, 2.75) is 19.3 Å². The predicted molar refractivity (Wildman–Crippen MR) is 79.5 cm³/mol. The van der Waals surface area contributed by atoms with E-state index in [9.17, 15) is 4.79 Å². The molecule has 0 aliphatic heterocycles. The lowest BCUT2D eigenvalue weighted by molar-refractivity contribution is 0.102. The lowest BCUT2D eigenvalue weighted by Gasteiger charge is -2.06. The van der Waals surface area contributed by atoms with Gasteiger partial charge in [0.15, 0.2) is 5.13 Å². The number of nitrogens with zero attached hydrogens (tertiary/aromatic N) is 1. The number of rotatable bonds is 3. The topological polar surface area (TPSA) is 77.2 Å². The highest BCUT2D eigenvalue weighted by Gasteiger charge is 2.18. The Labute approximate surface area is 120 Å². The average molecular weight is 289 g/mol. The number of methoxy groups -OCH3 is 1. The van der Waals surface area contributed by atoms with Crippen LogP contribution in [0.2, 0.25) is 0 Å². The number of carbonyl (C=O) groups excluding carboxylic acids is 1. The Kier molecular flexibility index (Phi) is 3.31. The molecule has 104 valence electrons. The number of nitrogen functional groups attached to an aromatic ring is 1. The molecule has 0 saturated heterocycles.